The van der Waals surface area contributed by atoms with Gasteiger partial charge < -0.3 is 9.47 Å². The van der Waals surface area contributed by atoms with Crippen molar-refractivity contribution in [3.05, 3.63) is 29.6 Å². The van der Waals surface area contributed by atoms with Gasteiger partial charge in [-0.25, -0.2) is 4.39 Å². The molecular formula is C14H22FN3O2. The maximum Gasteiger partial charge on any atom is 0.165 e. The number of hydrogen-bond acceptors (Lipinski definition) is 5. The largest absolute Gasteiger partial charge is 0.494 e. The molecule has 112 valence electrons. The van der Waals surface area contributed by atoms with Crippen molar-refractivity contribution in [3.63, 3.8) is 0 Å². The zero-order valence-corrected chi connectivity index (χ0v) is 11.9. The molecule has 0 saturated carbocycles. The minimum absolute atomic E-state index is 0.0958. The molecule has 0 aromatic heterocycles. The van der Waals surface area contributed by atoms with E-state index >= 15 is 0 Å². The van der Waals surface area contributed by atoms with E-state index in [9.17, 15) is 4.39 Å². The lowest BCUT2D eigenvalue weighted by atomic mass is 10.00. The SMILES string of the molecule is CCN1CCOC(C(NN)c2ccc(OC)c(F)c2)C1. The summed E-state index contributed by atoms with van der Waals surface area (Å²) >= 11 is 0. The van der Waals surface area contributed by atoms with Gasteiger partial charge in [0.25, 0.3) is 0 Å². The van der Waals surface area contributed by atoms with E-state index in [4.69, 9.17) is 15.3 Å². The van der Waals surface area contributed by atoms with Gasteiger partial charge >= 0.3 is 0 Å². The molecule has 1 aromatic rings. The predicted molar refractivity (Wildman–Crippen MR) is 74.9 cm³/mol. The third kappa shape index (κ3) is 3.27. The van der Waals surface area contributed by atoms with Crippen LogP contribution in [0, 0.1) is 5.82 Å². The minimum Gasteiger partial charge on any atom is -0.494 e. The van der Waals surface area contributed by atoms with Crippen LogP contribution < -0.4 is 16.0 Å². The van der Waals surface area contributed by atoms with Crippen LogP contribution in [0.3, 0.4) is 0 Å². The molecule has 2 rings (SSSR count). The van der Waals surface area contributed by atoms with Crippen LogP contribution in [0.25, 0.3) is 0 Å². The van der Waals surface area contributed by atoms with Crippen molar-refractivity contribution < 1.29 is 13.9 Å². The molecule has 1 fully saturated rings. The summed E-state index contributed by atoms with van der Waals surface area (Å²) in [6.07, 6.45) is -0.0958. The number of likely N-dealkylation sites (N-methyl/N-ethyl adjacent to an activating group) is 1. The zero-order chi connectivity index (χ0) is 14.5. The van der Waals surface area contributed by atoms with Crippen LogP contribution in [-0.4, -0.2) is 44.4 Å². The monoisotopic (exact) mass is 283 g/mol. The molecule has 0 amide bonds. The highest BCUT2D eigenvalue weighted by atomic mass is 19.1. The number of hydrazine groups is 1. The second kappa shape index (κ2) is 6.99. The average Bonchev–Trinajstić information content (AvgIpc) is 2.48. The molecule has 5 nitrogen and oxygen atoms in total. The fourth-order valence-electron chi connectivity index (χ4n) is 2.51. The second-order valence-electron chi connectivity index (χ2n) is 4.84. The van der Waals surface area contributed by atoms with Crippen LogP contribution in [0.4, 0.5) is 4.39 Å². The van der Waals surface area contributed by atoms with Gasteiger partial charge in [-0.15, -0.1) is 0 Å². The molecule has 1 heterocycles. The van der Waals surface area contributed by atoms with Gasteiger partial charge in [0, 0.05) is 13.1 Å². The molecule has 0 aliphatic carbocycles. The number of rotatable bonds is 5. The van der Waals surface area contributed by atoms with Gasteiger partial charge in [-0.3, -0.25) is 16.2 Å². The lowest BCUT2D eigenvalue weighted by Crippen LogP contribution is -2.49. The normalized spacial score (nSPS) is 21.7. The van der Waals surface area contributed by atoms with Gasteiger partial charge in [0.2, 0.25) is 0 Å². The highest BCUT2D eigenvalue weighted by molar-refractivity contribution is 5.31. The van der Waals surface area contributed by atoms with E-state index in [2.05, 4.69) is 17.2 Å². The number of nitrogens with two attached hydrogens (primary N) is 1. The van der Waals surface area contributed by atoms with Crippen molar-refractivity contribution in [2.75, 3.05) is 33.4 Å². The lowest BCUT2D eigenvalue weighted by Gasteiger charge is -2.36. The number of nitrogens with one attached hydrogen (secondary N) is 1. The fourth-order valence-corrected chi connectivity index (χ4v) is 2.51. The number of methoxy groups -OCH3 is 1. The van der Waals surface area contributed by atoms with Crippen molar-refractivity contribution >= 4 is 0 Å². The Bertz CT molecular complexity index is 444. The van der Waals surface area contributed by atoms with Crippen LogP contribution in [0.15, 0.2) is 18.2 Å². The maximum absolute atomic E-state index is 13.8. The van der Waals surface area contributed by atoms with Gasteiger partial charge in [0.05, 0.1) is 25.9 Å². The number of benzene rings is 1. The van der Waals surface area contributed by atoms with Gasteiger partial charge in [0.15, 0.2) is 11.6 Å². The Hall–Kier alpha value is -1.21. The molecule has 0 radical (unpaired) electrons. The second-order valence-corrected chi connectivity index (χ2v) is 4.84. The molecule has 0 spiro atoms. The quantitative estimate of drug-likeness (QED) is 0.625. The summed E-state index contributed by atoms with van der Waals surface area (Å²) in [7, 11) is 1.44. The summed E-state index contributed by atoms with van der Waals surface area (Å²) in [6, 6.07) is 4.61. The molecule has 1 aliphatic rings. The molecule has 1 saturated heterocycles. The fraction of sp³-hybridized carbons (Fsp3) is 0.571. The number of hydrogen-bond donors (Lipinski definition) is 2. The summed E-state index contributed by atoms with van der Waals surface area (Å²) in [6.45, 7) is 5.43. The number of halogens is 1. The first kappa shape index (κ1) is 15.2. The Morgan fingerprint density at radius 3 is 3.00 bits per heavy atom. The number of morpholine rings is 1. The lowest BCUT2D eigenvalue weighted by molar-refractivity contribution is -0.0457. The summed E-state index contributed by atoms with van der Waals surface area (Å²) < 4.78 is 24.5. The van der Waals surface area contributed by atoms with Crippen molar-refractivity contribution in [3.8, 4) is 5.75 Å². The Balaban J connectivity index is 2.16. The average molecular weight is 283 g/mol. The van der Waals surface area contributed by atoms with Gasteiger partial charge in [-0.05, 0) is 24.2 Å². The smallest absolute Gasteiger partial charge is 0.165 e. The van der Waals surface area contributed by atoms with E-state index in [1.807, 2.05) is 0 Å². The highest BCUT2D eigenvalue weighted by Gasteiger charge is 2.28. The van der Waals surface area contributed by atoms with Crippen LogP contribution in [0.1, 0.15) is 18.5 Å². The molecule has 6 heteroatoms. The van der Waals surface area contributed by atoms with E-state index in [-0.39, 0.29) is 17.9 Å². The summed E-state index contributed by atoms with van der Waals surface area (Å²) in [5, 5.41) is 0. The van der Waals surface area contributed by atoms with E-state index in [1.165, 1.54) is 13.2 Å². The first-order chi connectivity index (χ1) is 9.69. The van der Waals surface area contributed by atoms with Crippen molar-refractivity contribution in [1.29, 1.82) is 0 Å². The first-order valence-electron chi connectivity index (χ1n) is 6.83. The molecular weight excluding hydrogens is 261 g/mol. The van der Waals surface area contributed by atoms with Gasteiger partial charge in [-0.2, -0.15) is 0 Å². The number of nitrogens with zero attached hydrogens (tertiary/aromatic N) is 1. The molecule has 1 aromatic carbocycles. The third-order valence-electron chi connectivity index (χ3n) is 3.71. The van der Waals surface area contributed by atoms with Crippen molar-refractivity contribution in [2.45, 2.75) is 19.1 Å². The van der Waals surface area contributed by atoms with Crippen molar-refractivity contribution in [1.82, 2.24) is 10.3 Å². The topological polar surface area (TPSA) is 59.8 Å². The van der Waals surface area contributed by atoms with Crippen LogP contribution in [0.2, 0.25) is 0 Å². The van der Waals surface area contributed by atoms with Crippen molar-refractivity contribution in [2.24, 2.45) is 5.84 Å². The molecule has 3 N–H and O–H groups in total. The Morgan fingerprint density at radius 2 is 2.40 bits per heavy atom. The summed E-state index contributed by atoms with van der Waals surface area (Å²) in [4.78, 5) is 2.29. The van der Waals surface area contributed by atoms with E-state index in [0.717, 1.165) is 25.2 Å². The zero-order valence-electron chi connectivity index (χ0n) is 11.9. The summed E-state index contributed by atoms with van der Waals surface area (Å²) in [5.74, 6) is 5.47. The highest BCUT2D eigenvalue weighted by Crippen LogP contribution is 2.26. The Morgan fingerprint density at radius 1 is 1.60 bits per heavy atom. The third-order valence-corrected chi connectivity index (χ3v) is 3.71. The predicted octanol–water partition coefficient (Wildman–Crippen LogP) is 1.06. The van der Waals surface area contributed by atoms with Crippen LogP contribution in [-0.2, 0) is 4.74 Å². The maximum atomic E-state index is 13.8. The van der Waals surface area contributed by atoms with E-state index < -0.39 is 5.82 Å². The van der Waals surface area contributed by atoms with Crippen LogP contribution >= 0.6 is 0 Å². The standard InChI is InChI=1S/C14H22FN3O2/c1-3-18-6-7-20-13(9-18)14(17-16)10-4-5-12(19-2)11(15)8-10/h4-5,8,13-14,17H,3,6-7,9,16H2,1-2H3. The molecule has 2 atom stereocenters. The number of ether oxygens (including phenoxy) is 2. The van der Waals surface area contributed by atoms with Gasteiger partial charge in [-0.1, -0.05) is 13.0 Å². The van der Waals surface area contributed by atoms with Gasteiger partial charge in [0.1, 0.15) is 0 Å². The van der Waals surface area contributed by atoms with E-state index in [0.29, 0.717) is 6.61 Å². The Kier molecular flexibility index (Phi) is 5.31. The van der Waals surface area contributed by atoms with E-state index in [1.54, 1.807) is 12.1 Å². The molecule has 20 heavy (non-hydrogen) atoms. The molecule has 0 bridgehead atoms. The van der Waals surface area contributed by atoms with Crippen LogP contribution in [0.5, 0.6) is 5.75 Å². The summed E-state index contributed by atoms with van der Waals surface area (Å²) in [5.41, 5.74) is 3.50. The Labute approximate surface area is 118 Å². The first-order valence-corrected chi connectivity index (χ1v) is 6.83. The molecule has 2 unspecified atom stereocenters. The minimum atomic E-state index is -0.395. The molecule has 1 aliphatic heterocycles.